The highest BCUT2D eigenvalue weighted by molar-refractivity contribution is 5.79. The average Bonchev–Trinajstić information content (AvgIpc) is 2.84. The number of hydrogen-bond donors (Lipinski definition) is 2. The Labute approximate surface area is 122 Å². The van der Waals surface area contributed by atoms with Crippen LogP contribution in [0.25, 0.3) is 0 Å². The number of amides is 1. The molecule has 0 aliphatic heterocycles. The highest BCUT2D eigenvalue weighted by atomic mass is 16.2. The molecule has 1 rings (SSSR count). The van der Waals surface area contributed by atoms with E-state index in [4.69, 9.17) is 5.73 Å². The lowest BCUT2D eigenvalue weighted by molar-refractivity contribution is -0.124. The molecule has 2 unspecified atom stereocenters. The Morgan fingerprint density at radius 2 is 2.00 bits per heavy atom. The van der Waals surface area contributed by atoms with E-state index < -0.39 is 0 Å². The molecule has 0 aromatic carbocycles. The van der Waals surface area contributed by atoms with Crippen LogP contribution in [0.4, 0.5) is 0 Å². The zero-order valence-electron chi connectivity index (χ0n) is 13.3. The fraction of sp³-hybridized carbons (Fsp3) is 0.733. The molecule has 0 aliphatic carbocycles. The summed E-state index contributed by atoms with van der Waals surface area (Å²) < 4.78 is 1.94. The highest BCUT2D eigenvalue weighted by Crippen LogP contribution is 2.25. The van der Waals surface area contributed by atoms with Gasteiger partial charge in [-0.05, 0) is 18.8 Å². The molecule has 0 saturated carbocycles. The minimum atomic E-state index is -0.265. The SMILES string of the molecule is CC(C)CNC(=O)C(C)n1cncc1C(CN)C(C)C. The van der Waals surface area contributed by atoms with Crippen molar-refractivity contribution >= 4 is 5.91 Å². The van der Waals surface area contributed by atoms with Gasteiger partial charge in [0.1, 0.15) is 6.04 Å². The first-order chi connectivity index (χ1) is 9.38. The number of nitrogens with zero attached hydrogens (tertiary/aromatic N) is 2. The lowest BCUT2D eigenvalue weighted by atomic mass is 9.92. The van der Waals surface area contributed by atoms with Crippen molar-refractivity contribution in [3.8, 4) is 0 Å². The fourth-order valence-electron chi connectivity index (χ4n) is 2.24. The molecule has 0 saturated heterocycles. The number of nitrogens with one attached hydrogen (secondary N) is 1. The van der Waals surface area contributed by atoms with Gasteiger partial charge in [-0.25, -0.2) is 4.98 Å². The van der Waals surface area contributed by atoms with Crippen LogP contribution in [-0.2, 0) is 4.79 Å². The maximum atomic E-state index is 12.2. The van der Waals surface area contributed by atoms with E-state index in [1.54, 1.807) is 6.33 Å². The summed E-state index contributed by atoms with van der Waals surface area (Å²) in [5.41, 5.74) is 6.90. The van der Waals surface area contributed by atoms with Gasteiger partial charge in [0.2, 0.25) is 5.91 Å². The quantitative estimate of drug-likeness (QED) is 0.801. The molecule has 3 N–H and O–H groups in total. The number of hydrogen-bond acceptors (Lipinski definition) is 3. The minimum Gasteiger partial charge on any atom is -0.354 e. The monoisotopic (exact) mass is 280 g/mol. The second-order valence-corrected chi connectivity index (χ2v) is 6.13. The van der Waals surface area contributed by atoms with Crippen molar-refractivity contribution in [2.75, 3.05) is 13.1 Å². The zero-order chi connectivity index (χ0) is 15.3. The molecule has 20 heavy (non-hydrogen) atoms. The molecule has 1 aromatic heterocycles. The highest BCUT2D eigenvalue weighted by Gasteiger charge is 2.23. The third kappa shape index (κ3) is 4.07. The van der Waals surface area contributed by atoms with E-state index in [0.717, 1.165) is 5.69 Å². The third-order valence-electron chi connectivity index (χ3n) is 3.62. The van der Waals surface area contributed by atoms with Gasteiger partial charge in [-0.15, -0.1) is 0 Å². The molecule has 0 spiro atoms. The van der Waals surface area contributed by atoms with Crippen LogP contribution < -0.4 is 11.1 Å². The molecule has 114 valence electrons. The Hall–Kier alpha value is -1.36. The van der Waals surface area contributed by atoms with Crippen LogP contribution in [0, 0.1) is 11.8 Å². The van der Waals surface area contributed by atoms with Crippen molar-refractivity contribution < 1.29 is 4.79 Å². The maximum Gasteiger partial charge on any atom is 0.242 e. The molecule has 5 nitrogen and oxygen atoms in total. The van der Waals surface area contributed by atoms with E-state index in [1.165, 1.54) is 0 Å². The van der Waals surface area contributed by atoms with Crippen molar-refractivity contribution in [2.24, 2.45) is 17.6 Å². The Bertz CT molecular complexity index is 425. The van der Waals surface area contributed by atoms with Crippen LogP contribution in [-0.4, -0.2) is 28.5 Å². The molecule has 0 fully saturated rings. The largest absolute Gasteiger partial charge is 0.354 e. The van der Waals surface area contributed by atoms with Crippen LogP contribution in [0.15, 0.2) is 12.5 Å². The summed E-state index contributed by atoms with van der Waals surface area (Å²) in [6.45, 7) is 11.6. The maximum absolute atomic E-state index is 12.2. The normalized spacial score (nSPS) is 14.6. The van der Waals surface area contributed by atoms with Crippen LogP contribution in [0.2, 0.25) is 0 Å². The summed E-state index contributed by atoms with van der Waals surface area (Å²) in [5, 5.41) is 2.96. The van der Waals surface area contributed by atoms with E-state index in [0.29, 0.717) is 24.9 Å². The van der Waals surface area contributed by atoms with Crippen molar-refractivity contribution in [3.63, 3.8) is 0 Å². The molecule has 0 radical (unpaired) electrons. The summed E-state index contributed by atoms with van der Waals surface area (Å²) in [5.74, 6) is 1.11. The molecular formula is C15H28N4O. The fourth-order valence-corrected chi connectivity index (χ4v) is 2.24. The number of nitrogens with two attached hydrogens (primary N) is 1. The average molecular weight is 280 g/mol. The van der Waals surface area contributed by atoms with Gasteiger partial charge in [-0.3, -0.25) is 4.79 Å². The first-order valence-electron chi connectivity index (χ1n) is 7.37. The van der Waals surface area contributed by atoms with Crippen molar-refractivity contribution in [1.82, 2.24) is 14.9 Å². The van der Waals surface area contributed by atoms with Crippen LogP contribution >= 0.6 is 0 Å². The molecule has 0 bridgehead atoms. The van der Waals surface area contributed by atoms with Crippen LogP contribution in [0.3, 0.4) is 0 Å². The topological polar surface area (TPSA) is 72.9 Å². The van der Waals surface area contributed by atoms with E-state index in [-0.39, 0.29) is 17.9 Å². The predicted molar refractivity (Wildman–Crippen MR) is 81.4 cm³/mol. The molecule has 0 aliphatic rings. The van der Waals surface area contributed by atoms with E-state index in [2.05, 4.69) is 38.0 Å². The van der Waals surface area contributed by atoms with E-state index in [1.807, 2.05) is 17.7 Å². The summed E-state index contributed by atoms with van der Waals surface area (Å²) in [7, 11) is 0. The Kier molecular flexibility index (Phi) is 6.20. The lowest BCUT2D eigenvalue weighted by Gasteiger charge is -2.23. The number of carbonyl (C=O) groups excluding carboxylic acids is 1. The second kappa shape index (κ2) is 7.43. The standard InChI is InChI=1S/C15H28N4O/c1-10(2)7-18-15(20)12(5)19-9-17-8-14(19)13(6-16)11(3)4/h8-13H,6-7,16H2,1-5H3,(H,18,20). The third-order valence-corrected chi connectivity index (χ3v) is 3.62. The molecular weight excluding hydrogens is 252 g/mol. The minimum absolute atomic E-state index is 0.0254. The first kappa shape index (κ1) is 16.7. The first-order valence-corrected chi connectivity index (χ1v) is 7.37. The molecule has 2 atom stereocenters. The van der Waals surface area contributed by atoms with Gasteiger partial charge >= 0.3 is 0 Å². The Balaban J connectivity index is 2.86. The number of rotatable bonds is 7. The summed E-state index contributed by atoms with van der Waals surface area (Å²) in [4.78, 5) is 16.4. The van der Waals surface area contributed by atoms with E-state index >= 15 is 0 Å². The second-order valence-electron chi connectivity index (χ2n) is 6.13. The Morgan fingerprint density at radius 1 is 1.35 bits per heavy atom. The predicted octanol–water partition coefficient (Wildman–Crippen LogP) is 1.91. The van der Waals surface area contributed by atoms with Crippen molar-refractivity contribution in [3.05, 3.63) is 18.2 Å². The van der Waals surface area contributed by atoms with E-state index in [9.17, 15) is 4.79 Å². The smallest absolute Gasteiger partial charge is 0.242 e. The van der Waals surface area contributed by atoms with Gasteiger partial charge in [0, 0.05) is 30.9 Å². The molecule has 1 heterocycles. The molecule has 1 aromatic rings. The molecule has 1 amide bonds. The van der Waals surface area contributed by atoms with Gasteiger partial charge < -0.3 is 15.6 Å². The zero-order valence-corrected chi connectivity index (χ0v) is 13.3. The van der Waals surface area contributed by atoms with Gasteiger partial charge in [0.05, 0.1) is 6.33 Å². The van der Waals surface area contributed by atoms with Crippen LogP contribution in [0.1, 0.15) is 52.3 Å². The lowest BCUT2D eigenvalue weighted by Crippen LogP contribution is -2.34. The number of carbonyl (C=O) groups is 1. The summed E-state index contributed by atoms with van der Waals surface area (Å²) in [6.07, 6.45) is 3.55. The van der Waals surface area contributed by atoms with Crippen molar-refractivity contribution in [1.29, 1.82) is 0 Å². The number of aromatic nitrogens is 2. The Morgan fingerprint density at radius 3 is 2.50 bits per heavy atom. The van der Waals surface area contributed by atoms with Crippen molar-refractivity contribution in [2.45, 2.75) is 46.6 Å². The van der Waals surface area contributed by atoms with Gasteiger partial charge in [-0.2, -0.15) is 0 Å². The molecule has 5 heteroatoms. The van der Waals surface area contributed by atoms with Gasteiger partial charge in [-0.1, -0.05) is 27.7 Å². The summed E-state index contributed by atoms with van der Waals surface area (Å²) >= 11 is 0. The van der Waals surface area contributed by atoms with Gasteiger partial charge in [0.15, 0.2) is 0 Å². The van der Waals surface area contributed by atoms with Crippen LogP contribution in [0.5, 0.6) is 0 Å². The number of imidazole rings is 1. The summed E-state index contributed by atoms with van der Waals surface area (Å²) in [6, 6.07) is -0.265. The van der Waals surface area contributed by atoms with Gasteiger partial charge in [0.25, 0.3) is 0 Å².